The summed E-state index contributed by atoms with van der Waals surface area (Å²) in [5, 5.41) is 11.8. The van der Waals surface area contributed by atoms with Crippen LogP contribution in [0.15, 0.2) is 30.5 Å². The highest BCUT2D eigenvalue weighted by Crippen LogP contribution is 2.33. The summed E-state index contributed by atoms with van der Waals surface area (Å²) in [7, 11) is 2.08. The van der Waals surface area contributed by atoms with Crippen LogP contribution in [0.4, 0.5) is 11.4 Å². The molecule has 1 aromatic heterocycles. The van der Waals surface area contributed by atoms with Gasteiger partial charge in [-0.3, -0.25) is 4.79 Å². The number of hydrogen-bond acceptors (Lipinski definition) is 5. The first kappa shape index (κ1) is 17.0. The third kappa shape index (κ3) is 3.19. The average Bonchev–Trinajstić information content (AvgIpc) is 3.12. The number of hydrogen-bond donors (Lipinski definition) is 1. The molecule has 0 saturated carbocycles. The van der Waals surface area contributed by atoms with Crippen LogP contribution in [0.3, 0.4) is 0 Å². The molecule has 1 aromatic carbocycles. The van der Waals surface area contributed by atoms with Crippen molar-refractivity contribution in [2.24, 2.45) is 5.92 Å². The Balaban J connectivity index is 1.63. The standard InChI is InChI=1S/C19H26N6O/c1-14-11-23(2)17-5-3-4-6-18(17)24(12-14)19(26)16-13-25(22-21-16)15-7-9-20-10-8-15/h3-6,13-15,20H,7-12H2,1-2H3. The highest BCUT2D eigenvalue weighted by molar-refractivity contribution is 6.06. The van der Waals surface area contributed by atoms with Gasteiger partial charge in [0.05, 0.1) is 23.6 Å². The van der Waals surface area contributed by atoms with Crippen LogP contribution in [-0.2, 0) is 0 Å². The normalized spacial score (nSPS) is 21.4. The van der Waals surface area contributed by atoms with Gasteiger partial charge in [0.25, 0.3) is 5.91 Å². The van der Waals surface area contributed by atoms with Gasteiger partial charge in [0, 0.05) is 20.1 Å². The zero-order valence-electron chi connectivity index (χ0n) is 15.4. The maximum absolute atomic E-state index is 13.2. The number of carbonyl (C=O) groups is 1. The van der Waals surface area contributed by atoms with Crippen LogP contribution in [0.1, 0.15) is 36.3 Å². The van der Waals surface area contributed by atoms with Gasteiger partial charge in [0.15, 0.2) is 5.69 Å². The lowest BCUT2D eigenvalue weighted by Crippen LogP contribution is -2.35. The molecule has 4 rings (SSSR count). The Morgan fingerprint density at radius 1 is 1.15 bits per heavy atom. The lowest BCUT2D eigenvalue weighted by atomic mass is 10.1. The van der Waals surface area contributed by atoms with E-state index in [2.05, 4.69) is 40.6 Å². The van der Waals surface area contributed by atoms with Gasteiger partial charge in [-0.05, 0) is 44.0 Å². The Hall–Kier alpha value is -2.41. The molecule has 0 radical (unpaired) electrons. The molecule has 3 heterocycles. The van der Waals surface area contributed by atoms with E-state index >= 15 is 0 Å². The second-order valence-corrected chi connectivity index (χ2v) is 7.46. The summed E-state index contributed by atoms with van der Waals surface area (Å²) in [6, 6.07) is 8.40. The summed E-state index contributed by atoms with van der Waals surface area (Å²) in [5.74, 6) is 0.301. The van der Waals surface area contributed by atoms with Gasteiger partial charge in [0.1, 0.15) is 0 Å². The largest absolute Gasteiger partial charge is 0.373 e. The fourth-order valence-corrected chi connectivity index (χ4v) is 4.00. The number of nitrogens with zero attached hydrogens (tertiary/aromatic N) is 5. The zero-order valence-corrected chi connectivity index (χ0v) is 15.4. The van der Waals surface area contributed by atoms with Crippen LogP contribution in [0, 0.1) is 5.92 Å². The van der Waals surface area contributed by atoms with Gasteiger partial charge in [-0.2, -0.15) is 0 Å². The van der Waals surface area contributed by atoms with E-state index in [1.807, 2.05) is 34.0 Å². The van der Waals surface area contributed by atoms with Crippen LogP contribution < -0.4 is 15.1 Å². The third-order valence-corrected chi connectivity index (χ3v) is 5.32. The van der Waals surface area contributed by atoms with Crippen LogP contribution in [-0.4, -0.2) is 54.1 Å². The van der Waals surface area contributed by atoms with Crippen LogP contribution in [0.5, 0.6) is 0 Å². The summed E-state index contributed by atoms with van der Waals surface area (Å²) in [6.45, 7) is 5.74. The van der Waals surface area contributed by atoms with Gasteiger partial charge in [-0.1, -0.05) is 24.3 Å². The Morgan fingerprint density at radius 3 is 2.65 bits per heavy atom. The first-order valence-electron chi connectivity index (χ1n) is 9.38. The van der Waals surface area contributed by atoms with Gasteiger partial charge in [0.2, 0.25) is 0 Å². The first-order chi connectivity index (χ1) is 12.6. The second-order valence-electron chi connectivity index (χ2n) is 7.46. The molecule has 2 aliphatic heterocycles. The Bertz CT molecular complexity index is 782. The van der Waals surface area contributed by atoms with E-state index in [0.29, 0.717) is 24.2 Å². The molecule has 7 heteroatoms. The predicted molar refractivity (Wildman–Crippen MR) is 102 cm³/mol. The van der Waals surface area contributed by atoms with E-state index in [0.717, 1.165) is 43.9 Å². The quantitative estimate of drug-likeness (QED) is 0.893. The number of fused-ring (bicyclic) bond motifs is 1. The van der Waals surface area contributed by atoms with Crippen molar-refractivity contribution in [2.75, 3.05) is 43.0 Å². The molecule has 1 amide bonds. The zero-order chi connectivity index (χ0) is 18.1. The topological polar surface area (TPSA) is 66.3 Å². The van der Waals surface area contributed by atoms with Crippen molar-refractivity contribution in [1.29, 1.82) is 0 Å². The predicted octanol–water partition coefficient (Wildman–Crippen LogP) is 1.94. The Morgan fingerprint density at radius 2 is 1.88 bits per heavy atom. The molecule has 0 bridgehead atoms. The monoisotopic (exact) mass is 354 g/mol. The molecular formula is C19H26N6O. The lowest BCUT2D eigenvalue weighted by molar-refractivity contribution is 0.0979. The number of benzene rings is 1. The summed E-state index contributed by atoms with van der Waals surface area (Å²) >= 11 is 0. The molecule has 0 spiro atoms. The third-order valence-electron chi connectivity index (χ3n) is 5.32. The molecule has 1 atom stereocenters. The molecule has 1 saturated heterocycles. The Labute approximate surface area is 154 Å². The summed E-state index contributed by atoms with van der Waals surface area (Å²) < 4.78 is 1.87. The van der Waals surface area contributed by atoms with Crippen molar-refractivity contribution >= 4 is 17.3 Å². The minimum Gasteiger partial charge on any atom is -0.373 e. The number of para-hydroxylation sites is 2. The molecular weight excluding hydrogens is 328 g/mol. The van der Waals surface area contributed by atoms with E-state index in [-0.39, 0.29) is 5.91 Å². The van der Waals surface area contributed by atoms with Crippen molar-refractivity contribution in [3.63, 3.8) is 0 Å². The smallest absolute Gasteiger partial charge is 0.280 e. The SMILES string of the molecule is CC1CN(C)c2ccccc2N(C(=O)c2cn(C3CCNCC3)nn2)C1. The number of rotatable bonds is 2. The fourth-order valence-electron chi connectivity index (χ4n) is 4.00. The van der Waals surface area contributed by atoms with Crippen LogP contribution in [0.2, 0.25) is 0 Å². The molecule has 2 aromatic rings. The van der Waals surface area contributed by atoms with Crippen LogP contribution >= 0.6 is 0 Å². The van der Waals surface area contributed by atoms with Crippen molar-refractivity contribution in [1.82, 2.24) is 20.3 Å². The summed E-state index contributed by atoms with van der Waals surface area (Å²) in [4.78, 5) is 17.3. The van der Waals surface area contributed by atoms with Crippen molar-refractivity contribution in [2.45, 2.75) is 25.8 Å². The average molecular weight is 354 g/mol. The number of carbonyl (C=O) groups excluding carboxylic acids is 1. The fraction of sp³-hybridized carbons (Fsp3) is 0.526. The number of piperidine rings is 1. The highest BCUT2D eigenvalue weighted by atomic mass is 16.2. The maximum Gasteiger partial charge on any atom is 0.280 e. The number of anilines is 2. The minimum atomic E-state index is -0.0696. The van der Waals surface area contributed by atoms with E-state index in [1.54, 1.807) is 0 Å². The number of nitrogens with one attached hydrogen (secondary N) is 1. The molecule has 1 N–H and O–H groups in total. The molecule has 2 aliphatic rings. The van der Waals surface area contributed by atoms with E-state index in [4.69, 9.17) is 0 Å². The van der Waals surface area contributed by atoms with Crippen molar-refractivity contribution in [3.05, 3.63) is 36.2 Å². The Kier molecular flexibility index (Phi) is 4.63. The second kappa shape index (κ2) is 7.07. The number of aromatic nitrogens is 3. The molecule has 1 unspecified atom stereocenters. The van der Waals surface area contributed by atoms with Gasteiger partial charge < -0.3 is 15.1 Å². The lowest BCUT2D eigenvalue weighted by Gasteiger charge is -2.24. The molecule has 7 nitrogen and oxygen atoms in total. The van der Waals surface area contributed by atoms with E-state index < -0.39 is 0 Å². The minimum absolute atomic E-state index is 0.0696. The molecule has 138 valence electrons. The van der Waals surface area contributed by atoms with Gasteiger partial charge in [-0.25, -0.2) is 4.68 Å². The maximum atomic E-state index is 13.2. The molecule has 26 heavy (non-hydrogen) atoms. The van der Waals surface area contributed by atoms with Crippen molar-refractivity contribution in [3.8, 4) is 0 Å². The first-order valence-corrected chi connectivity index (χ1v) is 9.38. The number of amides is 1. The van der Waals surface area contributed by atoms with E-state index in [1.165, 1.54) is 0 Å². The van der Waals surface area contributed by atoms with Gasteiger partial charge in [-0.15, -0.1) is 5.10 Å². The highest BCUT2D eigenvalue weighted by Gasteiger charge is 2.29. The van der Waals surface area contributed by atoms with E-state index in [9.17, 15) is 4.79 Å². The molecule has 1 fully saturated rings. The summed E-state index contributed by atoms with van der Waals surface area (Å²) in [5.41, 5.74) is 2.45. The van der Waals surface area contributed by atoms with Crippen LogP contribution in [0.25, 0.3) is 0 Å². The molecule has 0 aliphatic carbocycles. The van der Waals surface area contributed by atoms with Gasteiger partial charge >= 0.3 is 0 Å². The summed E-state index contributed by atoms with van der Waals surface area (Å²) in [6.07, 6.45) is 3.86. The van der Waals surface area contributed by atoms with Crippen molar-refractivity contribution < 1.29 is 4.79 Å².